The van der Waals surface area contributed by atoms with Gasteiger partial charge in [-0.25, -0.2) is 4.79 Å². The number of esters is 1. The first kappa shape index (κ1) is 24.6. The van der Waals surface area contributed by atoms with Crippen LogP contribution < -0.4 is 10.1 Å². The Morgan fingerprint density at radius 3 is 2.40 bits per heavy atom. The molecule has 0 unspecified atom stereocenters. The van der Waals surface area contributed by atoms with E-state index in [9.17, 15) is 22.8 Å². The van der Waals surface area contributed by atoms with Crippen molar-refractivity contribution in [2.24, 2.45) is 0 Å². The van der Waals surface area contributed by atoms with Crippen molar-refractivity contribution in [3.63, 3.8) is 0 Å². The summed E-state index contributed by atoms with van der Waals surface area (Å²) in [4.78, 5) is 26.5. The molecule has 4 rings (SSSR count). The number of carbonyl (C=O) groups excluding carboxylic acids is 2. The van der Waals surface area contributed by atoms with E-state index in [0.29, 0.717) is 23.6 Å². The molecule has 5 nitrogen and oxygen atoms in total. The van der Waals surface area contributed by atoms with Crippen molar-refractivity contribution in [3.05, 3.63) is 87.8 Å². The number of carbonyl (C=O) groups is 2. The van der Waals surface area contributed by atoms with E-state index in [1.54, 1.807) is 21.0 Å². The molecule has 8 heteroatoms. The molecule has 0 fully saturated rings. The van der Waals surface area contributed by atoms with E-state index in [-0.39, 0.29) is 41.4 Å². The Bertz CT molecular complexity index is 1210. The first-order valence-corrected chi connectivity index (χ1v) is 11.4. The van der Waals surface area contributed by atoms with Gasteiger partial charge in [-0.1, -0.05) is 30.3 Å². The molecule has 2 aromatic carbocycles. The molecule has 0 saturated carbocycles. The zero-order valence-corrected chi connectivity index (χ0v) is 19.7. The third kappa shape index (κ3) is 4.70. The quantitative estimate of drug-likeness (QED) is 0.556. The van der Waals surface area contributed by atoms with Gasteiger partial charge in [-0.3, -0.25) is 4.79 Å². The lowest BCUT2D eigenvalue weighted by Crippen LogP contribution is -2.36. The molecule has 2 aliphatic rings. The molecule has 35 heavy (non-hydrogen) atoms. The Kier molecular flexibility index (Phi) is 6.74. The molecule has 0 aromatic heterocycles. The minimum absolute atomic E-state index is 0.0264. The zero-order valence-electron chi connectivity index (χ0n) is 19.7. The monoisotopic (exact) mass is 485 g/mol. The second-order valence-electron chi connectivity index (χ2n) is 8.60. The van der Waals surface area contributed by atoms with Crippen LogP contribution in [-0.2, 0) is 20.5 Å². The van der Waals surface area contributed by atoms with Crippen molar-refractivity contribution in [2.45, 2.75) is 44.7 Å². The average Bonchev–Trinajstić information content (AvgIpc) is 2.82. The fourth-order valence-electron chi connectivity index (χ4n) is 4.95. The van der Waals surface area contributed by atoms with Crippen molar-refractivity contribution >= 4 is 11.8 Å². The van der Waals surface area contributed by atoms with Crippen LogP contribution in [0.5, 0.6) is 5.75 Å². The highest BCUT2D eigenvalue weighted by Crippen LogP contribution is 2.48. The lowest BCUT2D eigenvalue weighted by molar-refractivity contribution is -0.140. The maximum Gasteiger partial charge on any atom is 0.416 e. The third-order valence-corrected chi connectivity index (χ3v) is 6.49. The first-order chi connectivity index (χ1) is 16.7. The van der Waals surface area contributed by atoms with Gasteiger partial charge in [0.05, 0.1) is 24.9 Å². The predicted molar refractivity (Wildman–Crippen MR) is 124 cm³/mol. The smallest absolute Gasteiger partial charge is 0.416 e. The van der Waals surface area contributed by atoms with Gasteiger partial charge < -0.3 is 14.8 Å². The average molecular weight is 486 g/mol. The summed E-state index contributed by atoms with van der Waals surface area (Å²) >= 11 is 0. The normalized spacial score (nSPS) is 20.3. The van der Waals surface area contributed by atoms with Gasteiger partial charge in [-0.05, 0) is 55.5 Å². The molecular formula is C27H26F3NO4. The van der Waals surface area contributed by atoms with Gasteiger partial charge in [0.25, 0.3) is 0 Å². The topological polar surface area (TPSA) is 64.6 Å². The minimum atomic E-state index is -4.65. The van der Waals surface area contributed by atoms with Crippen LogP contribution in [0.2, 0.25) is 0 Å². The van der Waals surface area contributed by atoms with Crippen LogP contribution in [0.25, 0.3) is 0 Å². The molecule has 0 spiro atoms. The Morgan fingerprint density at radius 2 is 1.77 bits per heavy atom. The van der Waals surface area contributed by atoms with E-state index in [2.05, 4.69) is 5.32 Å². The number of rotatable bonds is 5. The van der Waals surface area contributed by atoms with E-state index in [1.165, 1.54) is 18.2 Å². The van der Waals surface area contributed by atoms with E-state index in [4.69, 9.17) is 9.47 Å². The standard InChI is InChI=1S/C27H26F3NO4/c1-4-35-26(33)23-15(2)31-21-13-17(16-9-11-18(34-3)12-10-16)14-22(32)25(21)24(23)19-7-5-6-8-20(19)27(28,29)30/h5-12,17,24,31H,4,13-14H2,1-3H3/t17-,24+/m1/s1. The molecule has 2 atom stereocenters. The number of dihydropyridines is 1. The number of ketones is 1. The summed E-state index contributed by atoms with van der Waals surface area (Å²) < 4.78 is 52.3. The summed E-state index contributed by atoms with van der Waals surface area (Å²) in [5, 5.41) is 3.15. The SMILES string of the molecule is CCOC(=O)C1=C(C)NC2=C(C(=O)C[C@H](c3ccc(OC)cc3)C2)[C@H]1c1ccccc1C(F)(F)F. The molecule has 0 saturated heterocycles. The number of halogens is 3. The fraction of sp³-hybridized carbons (Fsp3) is 0.333. The Hall–Kier alpha value is -3.55. The van der Waals surface area contributed by atoms with E-state index in [0.717, 1.165) is 11.6 Å². The lowest BCUT2D eigenvalue weighted by Gasteiger charge is -2.37. The molecule has 0 bridgehead atoms. The van der Waals surface area contributed by atoms with E-state index >= 15 is 0 Å². The molecule has 1 aliphatic heterocycles. The number of hydrogen-bond acceptors (Lipinski definition) is 5. The molecule has 184 valence electrons. The molecule has 1 heterocycles. The maximum atomic E-state index is 14.0. The van der Waals surface area contributed by atoms with E-state index in [1.807, 2.05) is 24.3 Å². The molecule has 0 radical (unpaired) electrons. The highest BCUT2D eigenvalue weighted by Gasteiger charge is 2.45. The van der Waals surface area contributed by atoms with Crippen molar-refractivity contribution in [2.75, 3.05) is 13.7 Å². The summed E-state index contributed by atoms with van der Waals surface area (Å²) in [7, 11) is 1.57. The number of ether oxygens (including phenoxy) is 2. The lowest BCUT2D eigenvalue weighted by atomic mass is 9.71. The number of Topliss-reactive ketones (excluding diaryl/α,β-unsaturated/α-hetero) is 1. The number of alkyl halides is 3. The van der Waals surface area contributed by atoms with Crippen LogP contribution >= 0.6 is 0 Å². The van der Waals surface area contributed by atoms with Gasteiger partial charge in [0.2, 0.25) is 0 Å². The number of allylic oxidation sites excluding steroid dienone is 3. The van der Waals surface area contributed by atoms with Crippen molar-refractivity contribution in [1.29, 1.82) is 0 Å². The van der Waals surface area contributed by atoms with Crippen LogP contribution in [0, 0.1) is 0 Å². The van der Waals surface area contributed by atoms with Gasteiger partial charge in [-0.15, -0.1) is 0 Å². The van der Waals surface area contributed by atoms with Crippen LogP contribution in [0.15, 0.2) is 71.1 Å². The van der Waals surface area contributed by atoms with Gasteiger partial charge in [-0.2, -0.15) is 13.2 Å². The molecular weight excluding hydrogens is 459 g/mol. The summed E-state index contributed by atoms with van der Waals surface area (Å²) in [6.45, 7) is 3.31. The highest BCUT2D eigenvalue weighted by atomic mass is 19.4. The largest absolute Gasteiger partial charge is 0.497 e. The number of nitrogens with one attached hydrogen (secondary N) is 1. The summed E-state index contributed by atoms with van der Waals surface area (Å²) in [5.41, 5.74) is 1.06. The van der Waals surface area contributed by atoms with Gasteiger partial charge in [0.1, 0.15) is 5.75 Å². The third-order valence-electron chi connectivity index (χ3n) is 6.49. The second-order valence-corrected chi connectivity index (χ2v) is 8.60. The summed E-state index contributed by atoms with van der Waals surface area (Å²) in [5.74, 6) is -1.68. The number of hydrogen-bond donors (Lipinski definition) is 1. The number of methoxy groups -OCH3 is 1. The van der Waals surface area contributed by atoms with Gasteiger partial charge in [0, 0.05) is 29.3 Å². The zero-order chi connectivity index (χ0) is 25.3. The molecule has 1 aliphatic carbocycles. The first-order valence-electron chi connectivity index (χ1n) is 11.4. The predicted octanol–water partition coefficient (Wildman–Crippen LogP) is 5.64. The van der Waals surface area contributed by atoms with Crippen molar-refractivity contribution in [3.8, 4) is 5.75 Å². The summed E-state index contributed by atoms with van der Waals surface area (Å²) in [6, 6.07) is 12.5. The highest BCUT2D eigenvalue weighted by molar-refractivity contribution is 6.04. The fourth-order valence-corrected chi connectivity index (χ4v) is 4.95. The Labute approximate surface area is 201 Å². The second kappa shape index (κ2) is 9.60. The van der Waals surface area contributed by atoms with Gasteiger partial charge >= 0.3 is 12.1 Å². The van der Waals surface area contributed by atoms with Crippen LogP contribution in [0.1, 0.15) is 55.2 Å². The van der Waals surface area contributed by atoms with E-state index < -0.39 is 23.6 Å². The Morgan fingerprint density at radius 1 is 1.09 bits per heavy atom. The minimum Gasteiger partial charge on any atom is -0.497 e. The molecule has 0 amide bonds. The van der Waals surface area contributed by atoms with Crippen molar-refractivity contribution < 1.29 is 32.2 Å². The van der Waals surface area contributed by atoms with Crippen molar-refractivity contribution in [1.82, 2.24) is 5.32 Å². The Balaban J connectivity index is 1.84. The van der Waals surface area contributed by atoms with Gasteiger partial charge in [0.15, 0.2) is 5.78 Å². The van der Waals surface area contributed by atoms with Crippen LogP contribution in [0.4, 0.5) is 13.2 Å². The van der Waals surface area contributed by atoms with Crippen LogP contribution in [0.3, 0.4) is 0 Å². The maximum absolute atomic E-state index is 14.0. The molecule has 2 aromatic rings. The summed E-state index contributed by atoms with van der Waals surface area (Å²) in [6.07, 6.45) is -4.11. The molecule has 1 N–H and O–H groups in total. The van der Waals surface area contributed by atoms with Crippen LogP contribution in [-0.4, -0.2) is 25.5 Å². The number of benzene rings is 2.